The number of guanidine groups is 1. The van der Waals surface area contributed by atoms with Gasteiger partial charge in [-0.2, -0.15) is 0 Å². The highest BCUT2D eigenvalue weighted by atomic mass is 127. The summed E-state index contributed by atoms with van der Waals surface area (Å²) >= 11 is 0. The zero-order chi connectivity index (χ0) is 22.1. The van der Waals surface area contributed by atoms with Crippen LogP contribution < -0.4 is 16.4 Å². The molecule has 8 heteroatoms. The molecular weight excluding hydrogens is 517 g/mol. The van der Waals surface area contributed by atoms with Crippen LogP contribution in [0.1, 0.15) is 34.8 Å². The highest BCUT2D eigenvalue weighted by Gasteiger charge is 2.29. The predicted molar refractivity (Wildman–Crippen MR) is 138 cm³/mol. The summed E-state index contributed by atoms with van der Waals surface area (Å²) in [5.74, 6) is 0.770. The lowest BCUT2D eigenvalue weighted by atomic mass is 10.1. The number of hydrogen-bond acceptors (Lipinski definition) is 3. The zero-order valence-electron chi connectivity index (χ0n) is 18.4. The Morgan fingerprint density at radius 2 is 1.81 bits per heavy atom. The normalized spacial score (nSPS) is 15.9. The first kappa shape index (κ1) is 25.6. The van der Waals surface area contributed by atoms with Gasteiger partial charge in [-0.05, 0) is 36.6 Å². The molecule has 2 aromatic carbocycles. The third kappa shape index (κ3) is 7.81. The van der Waals surface area contributed by atoms with Crippen molar-refractivity contribution in [1.29, 1.82) is 0 Å². The zero-order valence-corrected chi connectivity index (χ0v) is 20.8. The number of carbonyl (C=O) groups is 2. The number of nitrogens with two attached hydrogens (primary N) is 1. The van der Waals surface area contributed by atoms with Crippen LogP contribution in [0, 0.1) is 5.92 Å². The number of benzene rings is 2. The van der Waals surface area contributed by atoms with Gasteiger partial charge in [0.15, 0.2) is 5.96 Å². The van der Waals surface area contributed by atoms with E-state index in [-0.39, 0.29) is 35.8 Å². The van der Waals surface area contributed by atoms with Gasteiger partial charge in [-0.1, -0.05) is 42.5 Å². The summed E-state index contributed by atoms with van der Waals surface area (Å²) in [5, 5.41) is 6.61. The number of halogens is 1. The van der Waals surface area contributed by atoms with Crippen LogP contribution in [0.3, 0.4) is 0 Å². The molecular formula is C24H32IN5O2. The Balaban J connectivity index is 0.00000363. The molecule has 2 amide bonds. The molecule has 1 fully saturated rings. The van der Waals surface area contributed by atoms with Crippen LogP contribution >= 0.6 is 24.0 Å². The van der Waals surface area contributed by atoms with Crippen LogP contribution in [0.5, 0.6) is 0 Å². The highest BCUT2D eigenvalue weighted by Crippen LogP contribution is 2.17. The Morgan fingerprint density at radius 3 is 2.47 bits per heavy atom. The summed E-state index contributed by atoms with van der Waals surface area (Å²) in [6.45, 7) is 5.48. The fourth-order valence-corrected chi connectivity index (χ4v) is 3.64. The molecule has 2 aromatic rings. The molecule has 0 spiro atoms. The third-order valence-electron chi connectivity index (χ3n) is 5.37. The van der Waals surface area contributed by atoms with Crippen LogP contribution in [-0.2, 0) is 17.8 Å². The van der Waals surface area contributed by atoms with E-state index in [4.69, 9.17) is 5.73 Å². The molecule has 1 saturated heterocycles. The second-order valence-electron chi connectivity index (χ2n) is 7.78. The van der Waals surface area contributed by atoms with Crippen molar-refractivity contribution in [3.8, 4) is 0 Å². The Hall–Kier alpha value is -2.62. The van der Waals surface area contributed by atoms with Crippen molar-refractivity contribution in [1.82, 2.24) is 15.5 Å². The van der Waals surface area contributed by atoms with E-state index in [2.05, 4.69) is 27.8 Å². The number of amides is 2. The van der Waals surface area contributed by atoms with Crippen LogP contribution in [-0.4, -0.2) is 48.9 Å². The van der Waals surface area contributed by atoms with Crippen LogP contribution in [0.2, 0.25) is 0 Å². The van der Waals surface area contributed by atoms with Gasteiger partial charge >= 0.3 is 0 Å². The molecule has 0 radical (unpaired) electrons. The van der Waals surface area contributed by atoms with Crippen molar-refractivity contribution in [3.05, 3.63) is 71.3 Å². The maximum Gasteiger partial charge on any atom is 0.248 e. The molecule has 32 heavy (non-hydrogen) atoms. The molecule has 0 bridgehead atoms. The molecule has 1 unspecified atom stereocenters. The van der Waals surface area contributed by atoms with E-state index >= 15 is 0 Å². The smallest absolute Gasteiger partial charge is 0.248 e. The van der Waals surface area contributed by atoms with Gasteiger partial charge in [0.05, 0.1) is 6.54 Å². The predicted octanol–water partition coefficient (Wildman–Crippen LogP) is 2.55. The first-order valence-corrected chi connectivity index (χ1v) is 10.8. The highest BCUT2D eigenvalue weighted by molar-refractivity contribution is 14.0. The van der Waals surface area contributed by atoms with Gasteiger partial charge in [-0.3, -0.25) is 9.59 Å². The average molecular weight is 549 g/mol. The van der Waals surface area contributed by atoms with Gasteiger partial charge in [0.25, 0.3) is 0 Å². The summed E-state index contributed by atoms with van der Waals surface area (Å²) in [6.07, 6.45) is 1.45. The molecule has 4 N–H and O–H groups in total. The van der Waals surface area contributed by atoms with E-state index in [1.165, 1.54) is 5.56 Å². The van der Waals surface area contributed by atoms with E-state index in [1.807, 2.05) is 42.2 Å². The van der Waals surface area contributed by atoms with Crippen LogP contribution in [0.4, 0.5) is 0 Å². The van der Waals surface area contributed by atoms with Crippen molar-refractivity contribution >= 4 is 41.8 Å². The fourth-order valence-electron chi connectivity index (χ4n) is 3.64. The fraction of sp³-hybridized carbons (Fsp3) is 0.375. The monoisotopic (exact) mass is 549 g/mol. The minimum absolute atomic E-state index is 0. The molecule has 172 valence electrons. The number of nitrogens with one attached hydrogen (secondary N) is 2. The topological polar surface area (TPSA) is 99.8 Å². The van der Waals surface area contributed by atoms with Gasteiger partial charge in [0.2, 0.25) is 11.8 Å². The largest absolute Gasteiger partial charge is 0.366 e. The average Bonchev–Trinajstić information content (AvgIpc) is 3.14. The van der Waals surface area contributed by atoms with Crippen molar-refractivity contribution in [3.63, 3.8) is 0 Å². The quantitative estimate of drug-likeness (QED) is 0.254. The molecule has 1 aliphatic heterocycles. The summed E-state index contributed by atoms with van der Waals surface area (Å²) < 4.78 is 0. The third-order valence-corrected chi connectivity index (χ3v) is 5.37. The minimum Gasteiger partial charge on any atom is -0.366 e. The van der Waals surface area contributed by atoms with E-state index < -0.39 is 5.91 Å². The summed E-state index contributed by atoms with van der Waals surface area (Å²) in [6, 6.07) is 17.4. The number of primary amides is 1. The molecule has 0 aliphatic carbocycles. The second-order valence-corrected chi connectivity index (χ2v) is 7.78. The number of aliphatic imine (C=N–C) groups is 1. The Morgan fingerprint density at radius 1 is 1.09 bits per heavy atom. The van der Waals surface area contributed by atoms with Crippen molar-refractivity contribution in [2.24, 2.45) is 16.6 Å². The lowest BCUT2D eigenvalue weighted by Crippen LogP contribution is -2.40. The summed E-state index contributed by atoms with van der Waals surface area (Å²) in [5.41, 5.74) is 8.01. The van der Waals surface area contributed by atoms with Gasteiger partial charge in [-0.25, -0.2) is 4.99 Å². The van der Waals surface area contributed by atoms with Gasteiger partial charge in [0, 0.05) is 44.1 Å². The van der Waals surface area contributed by atoms with E-state index in [1.54, 1.807) is 12.1 Å². The molecule has 1 atom stereocenters. The Bertz CT molecular complexity index is 902. The number of carbonyl (C=O) groups excluding carboxylic acids is 2. The van der Waals surface area contributed by atoms with E-state index in [0.717, 1.165) is 37.6 Å². The number of rotatable bonds is 9. The van der Waals surface area contributed by atoms with Gasteiger partial charge in [-0.15, -0.1) is 24.0 Å². The van der Waals surface area contributed by atoms with Crippen molar-refractivity contribution in [2.75, 3.05) is 26.2 Å². The molecule has 1 heterocycles. The van der Waals surface area contributed by atoms with E-state index in [0.29, 0.717) is 25.1 Å². The maximum absolute atomic E-state index is 12.4. The summed E-state index contributed by atoms with van der Waals surface area (Å²) in [4.78, 5) is 30.1. The second kappa shape index (κ2) is 13.0. The number of nitrogens with zero attached hydrogens (tertiary/aromatic N) is 2. The lowest BCUT2D eigenvalue weighted by Gasteiger charge is -2.18. The van der Waals surface area contributed by atoms with Gasteiger partial charge < -0.3 is 21.3 Å². The minimum atomic E-state index is -0.436. The van der Waals surface area contributed by atoms with Crippen LogP contribution in [0.25, 0.3) is 0 Å². The van der Waals surface area contributed by atoms with Gasteiger partial charge in [0.1, 0.15) is 0 Å². The molecule has 0 aromatic heterocycles. The van der Waals surface area contributed by atoms with E-state index in [9.17, 15) is 9.59 Å². The molecule has 0 saturated carbocycles. The SMILES string of the molecule is CCNC(=NCc1ccc(C(N)=O)cc1)NCC1CC(=O)N(CCc2ccccc2)C1.I. The Labute approximate surface area is 206 Å². The maximum atomic E-state index is 12.4. The first-order valence-electron chi connectivity index (χ1n) is 10.8. The number of hydrogen-bond donors (Lipinski definition) is 3. The van der Waals surface area contributed by atoms with Crippen LogP contribution in [0.15, 0.2) is 59.6 Å². The number of likely N-dealkylation sites (tertiary alicyclic amines) is 1. The van der Waals surface area contributed by atoms with Crippen molar-refractivity contribution in [2.45, 2.75) is 26.3 Å². The lowest BCUT2D eigenvalue weighted by molar-refractivity contribution is -0.127. The standard InChI is InChI=1S/C24H31N5O2.HI/c1-2-26-24(27-15-19-8-10-21(11-9-19)23(25)31)28-16-20-14-22(30)29(17-20)13-12-18-6-4-3-5-7-18;/h3-11,20H,2,12-17H2,1H3,(H2,25,31)(H2,26,27,28);1H. The molecule has 7 nitrogen and oxygen atoms in total. The Kier molecular flexibility index (Phi) is 10.5. The first-order chi connectivity index (χ1) is 15.0. The molecule has 1 aliphatic rings. The molecule has 3 rings (SSSR count). The summed E-state index contributed by atoms with van der Waals surface area (Å²) in [7, 11) is 0. The van der Waals surface area contributed by atoms with Crippen molar-refractivity contribution < 1.29 is 9.59 Å².